The largest absolute Gasteiger partial charge is 0.382 e. The molecule has 1 aromatic rings. The van der Waals surface area contributed by atoms with E-state index in [2.05, 4.69) is 36.7 Å². The van der Waals surface area contributed by atoms with E-state index >= 15 is 0 Å². The smallest absolute Gasteiger partial charge is 0.0543 e. The first-order valence-electron chi connectivity index (χ1n) is 6.04. The van der Waals surface area contributed by atoms with Crippen molar-refractivity contribution in [3.63, 3.8) is 0 Å². The van der Waals surface area contributed by atoms with Crippen LogP contribution in [0.3, 0.4) is 0 Å². The molecule has 0 radical (unpaired) electrons. The Bertz CT molecular complexity index is 261. The first kappa shape index (κ1) is 13.7. The predicted molar refractivity (Wildman–Crippen MR) is 71.2 cm³/mol. The second-order valence-corrected chi connectivity index (χ2v) is 5.19. The number of likely N-dealkylation sites (N-methyl/N-ethyl adjacent to an activating group) is 1. The van der Waals surface area contributed by atoms with E-state index < -0.39 is 0 Å². The van der Waals surface area contributed by atoms with E-state index in [1.807, 2.05) is 11.3 Å². The Balaban J connectivity index is 2.35. The lowest BCUT2D eigenvalue weighted by atomic mass is 10.0. The van der Waals surface area contributed by atoms with Gasteiger partial charge in [-0.05, 0) is 44.2 Å². The van der Waals surface area contributed by atoms with Crippen LogP contribution in [0.2, 0.25) is 0 Å². The minimum absolute atomic E-state index is 0.365. The van der Waals surface area contributed by atoms with Gasteiger partial charge in [0.2, 0.25) is 0 Å². The van der Waals surface area contributed by atoms with E-state index in [1.54, 1.807) is 7.11 Å². The molecule has 92 valence electrons. The highest BCUT2D eigenvalue weighted by Crippen LogP contribution is 2.14. The quantitative estimate of drug-likeness (QED) is 0.755. The zero-order chi connectivity index (χ0) is 11.8. The summed E-state index contributed by atoms with van der Waals surface area (Å²) in [6.45, 7) is 5.34. The summed E-state index contributed by atoms with van der Waals surface area (Å²) in [6.07, 6.45) is 3.81. The normalized spacial score (nSPS) is 14.9. The Morgan fingerprint density at radius 2 is 2.25 bits per heavy atom. The molecule has 0 fully saturated rings. The molecule has 2 nitrogen and oxygen atoms in total. The third-order valence-electron chi connectivity index (χ3n) is 2.84. The molecule has 16 heavy (non-hydrogen) atoms. The van der Waals surface area contributed by atoms with Crippen LogP contribution in [0, 0.1) is 0 Å². The van der Waals surface area contributed by atoms with Crippen LogP contribution in [0.4, 0.5) is 0 Å². The number of ether oxygens (including phenoxy) is 1. The number of hydrogen-bond acceptors (Lipinski definition) is 3. The third-order valence-corrected chi connectivity index (χ3v) is 3.74. The van der Waals surface area contributed by atoms with E-state index in [0.29, 0.717) is 12.1 Å². The lowest BCUT2D eigenvalue weighted by Gasteiger charge is -2.19. The highest BCUT2D eigenvalue weighted by Gasteiger charge is 2.10. The van der Waals surface area contributed by atoms with Crippen molar-refractivity contribution in [2.45, 2.75) is 45.3 Å². The van der Waals surface area contributed by atoms with Crippen LogP contribution in [0.25, 0.3) is 0 Å². The molecule has 2 atom stereocenters. The summed E-state index contributed by atoms with van der Waals surface area (Å²) in [4.78, 5) is 1.47. The van der Waals surface area contributed by atoms with Gasteiger partial charge < -0.3 is 10.1 Å². The van der Waals surface area contributed by atoms with Crippen LogP contribution in [0.15, 0.2) is 17.5 Å². The first-order valence-corrected chi connectivity index (χ1v) is 6.92. The zero-order valence-electron chi connectivity index (χ0n) is 10.5. The first-order chi connectivity index (χ1) is 7.76. The molecular formula is C13H23NOS. The van der Waals surface area contributed by atoms with Crippen molar-refractivity contribution in [1.29, 1.82) is 0 Å². The summed E-state index contributed by atoms with van der Waals surface area (Å²) in [5.74, 6) is 0. The number of methoxy groups -OCH3 is 1. The highest BCUT2D eigenvalue weighted by molar-refractivity contribution is 7.09. The van der Waals surface area contributed by atoms with Gasteiger partial charge in [-0.15, -0.1) is 11.3 Å². The van der Waals surface area contributed by atoms with Crippen LogP contribution in [0.1, 0.15) is 31.6 Å². The molecule has 1 heterocycles. The molecule has 0 spiro atoms. The SMILES string of the molecule is CCNC(CCC(C)OC)Cc1cccs1. The maximum Gasteiger partial charge on any atom is 0.0543 e. The van der Waals surface area contributed by atoms with E-state index in [4.69, 9.17) is 4.74 Å². The van der Waals surface area contributed by atoms with Gasteiger partial charge in [0.25, 0.3) is 0 Å². The molecule has 0 aliphatic carbocycles. The van der Waals surface area contributed by atoms with Crippen LogP contribution >= 0.6 is 11.3 Å². The topological polar surface area (TPSA) is 21.3 Å². The van der Waals surface area contributed by atoms with E-state index in [0.717, 1.165) is 19.4 Å². The Morgan fingerprint density at radius 3 is 2.81 bits per heavy atom. The molecule has 0 bridgehead atoms. The van der Waals surface area contributed by atoms with Crippen LogP contribution in [-0.2, 0) is 11.2 Å². The molecule has 0 amide bonds. The summed E-state index contributed by atoms with van der Waals surface area (Å²) in [5, 5.41) is 5.70. The number of hydrogen-bond donors (Lipinski definition) is 1. The second-order valence-electron chi connectivity index (χ2n) is 4.16. The molecule has 0 saturated carbocycles. The summed E-state index contributed by atoms with van der Waals surface area (Å²) >= 11 is 1.85. The van der Waals surface area contributed by atoms with Gasteiger partial charge in [0.05, 0.1) is 6.10 Å². The number of thiophene rings is 1. The molecule has 0 aliphatic heterocycles. The third kappa shape index (κ3) is 5.10. The molecule has 0 aromatic carbocycles. The standard InChI is InChI=1S/C13H23NOS/c1-4-14-12(8-7-11(2)15-3)10-13-6-5-9-16-13/h5-6,9,11-12,14H,4,7-8,10H2,1-3H3. The molecule has 3 heteroatoms. The maximum absolute atomic E-state index is 5.29. The number of nitrogens with one attached hydrogen (secondary N) is 1. The van der Waals surface area contributed by atoms with Gasteiger partial charge in [0, 0.05) is 18.0 Å². The molecule has 1 aromatic heterocycles. The maximum atomic E-state index is 5.29. The van der Waals surface area contributed by atoms with Crippen molar-refractivity contribution >= 4 is 11.3 Å². The molecule has 1 N–H and O–H groups in total. The van der Waals surface area contributed by atoms with Gasteiger partial charge in [-0.1, -0.05) is 13.0 Å². The predicted octanol–water partition coefficient (Wildman–Crippen LogP) is 3.08. The molecular weight excluding hydrogens is 218 g/mol. The molecule has 2 unspecified atom stereocenters. The Labute approximate surface area is 103 Å². The van der Waals surface area contributed by atoms with Gasteiger partial charge in [0.1, 0.15) is 0 Å². The van der Waals surface area contributed by atoms with Crippen molar-refractivity contribution in [2.24, 2.45) is 0 Å². The van der Waals surface area contributed by atoms with E-state index in [-0.39, 0.29) is 0 Å². The van der Waals surface area contributed by atoms with Gasteiger partial charge in [-0.2, -0.15) is 0 Å². The average Bonchev–Trinajstić information content (AvgIpc) is 2.78. The fourth-order valence-electron chi connectivity index (χ4n) is 1.79. The van der Waals surface area contributed by atoms with Crippen molar-refractivity contribution in [3.8, 4) is 0 Å². The molecule has 0 saturated heterocycles. The van der Waals surface area contributed by atoms with Crippen molar-refractivity contribution in [2.75, 3.05) is 13.7 Å². The minimum Gasteiger partial charge on any atom is -0.382 e. The fourth-order valence-corrected chi connectivity index (χ4v) is 2.58. The Kier molecular flexibility index (Phi) is 6.69. The van der Waals surface area contributed by atoms with Crippen molar-refractivity contribution < 1.29 is 4.74 Å². The van der Waals surface area contributed by atoms with Crippen LogP contribution in [-0.4, -0.2) is 25.8 Å². The van der Waals surface area contributed by atoms with Crippen LogP contribution in [0.5, 0.6) is 0 Å². The number of rotatable bonds is 8. The van der Waals surface area contributed by atoms with Crippen molar-refractivity contribution in [3.05, 3.63) is 22.4 Å². The molecule has 0 aliphatic rings. The van der Waals surface area contributed by atoms with Gasteiger partial charge in [-0.3, -0.25) is 0 Å². The molecule has 1 rings (SSSR count). The Hall–Kier alpha value is -0.380. The second kappa shape index (κ2) is 7.82. The van der Waals surface area contributed by atoms with E-state index in [1.165, 1.54) is 11.3 Å². The van der Waals surface area contributed by atoms with Gasteiger partial charge >= 0.3 is 0 Å². The summed E-state index contributed by atoms with van der Waals surface area (Å²) < 4.78 is 5.29. The monoisotopic (exact) mass is 241 g/mol. The summed E-state index contributed by atoms with van der Waals surface area (Å²) in [7, 11) is 1.78. The fraction of sp³-hybridized carbons (Fsp3) is 0.692. The lowest BCUT2D eigenvalue weighted by molar-refractivity contribution is 0.106. The lowest BCUT2D eigenvalue weighted by Crippen LogP contribution is -2.31. The van der Waals surface area contributed by atoms with Crippen molar-refractivity contribution in [1.82, 2.24) is 5.32 Å². The minimum atomic E-state index is 0.365. The van der Waals surface area contributed by atoms with E-state index in [9.17, 15) is 0 Å². The average molecular weight is 241 g/mol. The summed E-state index contributed by atoms with van der Waals surface area (Å²) in [5.41, 5.74) is 0. The highest BCUT2D eigenvalue weighted by atomic mass is 32.1. The van der Waals surface area contributed by atoms with Crippen LogP contribution < -0.4 is 5.32 Å². The zero-order valence-corrected chi connectivity index (χ0v) is 11.3. The van der Waals surface area contributed by atoms with Gasteiger partial charge in [-0.25, -0.2) is 0 Å². The summed E-state index contributed by atoms with van der Waals surface area (Å²) in [6, 6.07) is 4.93. The Morgan fingerprint density at radius 1 is 1.44 bits per heavy atom. The van der Waals surface area contributed by atoms with Gasteiger partial charge in [0.15, 0.2) is 0 Å².